The van der Waals surface area contributed by atoms with E-state index < -0.39 is 10.0 Å². The Balaban J connectivity index is 2.33. The Labute approximate surface area is 118 Å². The molecule has 0 saturated carbocycles. The molecule has 96 valence electrons. The molecule has 0 spiro atoms. The summed E-state index contributed by atoms with van der Waals surface area (Å²) in [4.78, 5) is 4.58. The van der Waals surface area contributed by atoms with Gasteiger partial charge in [-0.05, 0) is 18.4 Å². The highest BCUT2D eigenvalue weighted by molar-refractivity contribution is 7.99. The Bertz CT molecular complexity index is 655. The van der Waals surface area contributed by atoms with Crippen LogP contribution in [0.5, 0.6) is 0 Å². The molecular weight excluding hydrogens is 312 g/mol. The summed E-state index contributed by atoms with van der Waals surface area (Å²) in [6.07, 6.45) is 3.13. The molecular formula is C10H9ClN2O2S3. The highest BCUT2D eigenvalue weighted by Gasteiger charge is 2.18. The van der Waals surface area contributed by atoms with E-state index in [4.69, 9.17) is 11.6 Å². The van der Waals surface area contributed by atoms with Crippen LogP contribution in [0.1, 0.15) is 0 Å². The summed E-state index contributed by atoms with van der Waals surface area (Å²) >= 11 is 8.03. The fourth-order valence-electron chi connectivity index (χ4n) is 1.29. The van der Waals surface area contributed by atoms with Gasteiger partial charge in [-0.2, -0.15) is 0 Å². The highest BCUT2D eigenvalue weighted by Crippen LogP contribution is 2.29. The lowest BCUT2D eigenvalue weighted by atomic mass is 10.3. The van der Waals surface area contributed by atoms with E-state index in [0.717, 1.165) is 16.2 Å². The van der Waals surface area contributed by atoms with E-state index in [0.29, 0.717) is 5.69 Å². The Morgan fingerprint density at radius 3 is 2.72 bits per heavy atom. The van der Waals surface area contributed by atoms with E-state index in [1.165, 1.54) is 18.0 Å². The summed E-state index contributed by atoms with van der Waals surface area (Å²) < 4.78 is 27.0. The van der Waals surface area contributed by atoms with Crippen LogP contribution in [0.15, 0.2) is 39.6 Å². The van der Waals surface area contributed by atoms with Crippen molar-refractivity contribution in [3.63, 3.8) is 0 Å². The average Bonchev–Trinajstić information content (AvgIpc) is 2.77. The number of benzene rings is 1. The van der Waals surface area contributed by atoms with Crippen molar-refractivity contribution in [2.75, 3.05) is 11.0 Å². The number of nitrogens with one attached hydrogen (secondary N) is 1. The summed E-state index contributed by atoms with van der Waals surface area (Å²) in [6.45, 7) is 0. The number of para-hydroxylation sites is 1. The molecule has 0 aliphatic carbocycles. The van der Waals surface area contributed by atoms with E-state index in [1.54, 1.807) is 12.1 Å². The molecule has 0 saturated heterocycles. The van der Waals surface area contributed by atoms with Crippen molar-refractivity contribution in [3.8, 4) is 0 Å². The summed E-state index contributed by atoms with van der Waals surface area (Å²) in [6, 6.07) is 7.19. The summed E-state index contributed by atoms with van der Waals surface area (Å²) in [5.74, 6) is 0. The van der Waals surface area contributed by atoms with Crippen molar-refractivity contribution < 1.29 is 8.42 Å². The van der Waals surface area contributed by atoms with Gasteiger partial charge in [-0.15, -0.1) is 11.8 Å². The molecule has 1 aromatic carbocycles. The third-order valence-corrected chi connectivity index (χ3v) is 5.81. The highest BCUT2D eigenvalue weighted by atomic mass is 35.5. The lowest BCUT2D eigenvalue weighted by Crippen LogP contribution is -2.12. The number of anilines is 1. The Morgan fingerprint density at radius 1 is 1.39 bits per heavy atom. The van der Waals surface area contributed by atoms with E-state index in [-0.39, 0.29) is 8.68 Å². The van der Waals surface area contributed by atoms with Gasteiger partial charge in [-0.25, -0.2) is 13.4 Å². The maximum atomic E-state index is 12.1. The van der Waals surface area contributed by atoms with Crippen molar-refractivity contribution >= 4 is 50.4 Å². The van der Waals surface area contributed by atoms with E-state index in [2.05, 4.69) is 9.71 Å². The van der Waals surface area contributed by atoms with Crippen LogP contribution in [-0.4, -0.2) is 19.7 Å². The third-order valence-electron chi connectivity index (χ3n) is 2.07. The minimum atomic E-state index is -3.62. The van der Waals surface area contributed by atoms with Crippen LogP contribution < -0.4 is 4.72 Å². The molecule has 0 aliphatic rings. The zero-order valence-corrected chi connectivity index (χ0v) is 12.5. The standard InChI is InChI=1S/C10H9ClN2O2S3/c1-16-8-5-3-2-4-7(8)13-18(14,15)9-6-12-10(11)17-9/h2-6,13H,1H3. The van der Waals surface area contributed by atoms with Gasteiger partial charge in [-0.3, -0.25) is 4.72 Å². The van der Waals surface area contributed by atoms with Crippen molar-refractivity contribution in [2.45, 2.75) is 9.10 Å². The Kier molecular flexibility index (Phi) is 4.16. The molecule has 1 heterocycles. The smallest absolute Gasteiger partial charge is 0.273 e. The number of aromatic nitrogens is 1. The maximum absolute atomic E-state index is 12.1. The molecule has 18 heavy (non-hydrogen) atoms. The fraction of sp³-hybridized carbons (Fsp3) is 0.100. The van der Waals surface area contributed by atoms with Crippen LogP contribution in [0.25, 0.3) is 0 Å². The molecule has 1 aromatic heterocycles. The van der Waals surface area contributed by atoms with Crippen LogP contribution >= 0.6 is 34.7 Å². The van der Waals surface area contributed by atoms with Gasteiger partial charge in [0.2, 0.25) is 0 Å². The second kappa shape index (κ2) is 5.48. The van der Waals surface area contributed by atoms with E-state index >= 15 is 0 Å². The summed E-state index contributed by atoms with van der Waals surface area (Å²) in [5, 5.41) is 0. The first-order chi connectivity index (χ1) is 8.53. The van der Waals surface area contributed by atoms with Crippen molar-refractivity contribution in [1.82, 2.24) is 4.98 Å². The van der Waals surface area contributed by atoms with Crippen molar-refractivity contribution in [3.05, 3.63) is 34.9 Å². The van der Waals surface area contributed by atoms with Crippen molar-refractivity contribution in [1.29, 1.82) is 0 Å². The molecule has 0 amide bonds. The van der Waals surface area contributed by atoms with Gasteiger partial charge in [0, 0.05) is 4.90 Å². The van der Waals surface area contributed by atoms with Crippen LogP contribution in [0.2, 0.25) is 4.47 Å². The van der Waals surface area contributed by atoms with Gasteiger partial charge in [0.05, 0.1) is 11.9 Å². The first-order valence-electron chi connectivity index (χ1n) is 4.80. The Hall–Kier alpha value is -0.760. The molecule has 0 atom stereocenters. The molecule has 0 bridgehead atoms. The number of thiazole rings is 1. The van der Waals surface area contributed by atoms with Gasteiger partial charge in [0.15, 0.2) is 8.68 Å². The molecule has 4 nitrogen and oxygen atoms in total. The largest absolute Gasteiger partial charge is 0.278 e. The van der Waals surface area contributed by atoms with Gasteiger partial charge in [0.1, 0.15) is 0 Å². The van der Waals surface area contributed by atoms with Crippen LogP contribution in [0.4, 0.5) is 5.69 Å². The number of thioether (sulfide) groups is 1. The minimum absolute atomic E-state index is 0.100. The SMILES string of the molecule is CSc1ccccc1NS(=O)(=O)c1cnc(Cl)s1. The minimum Gasteiger partial charge on any atom is -0.278 e. The van der Waals surface area contributed by atoms with Crippen LogP contribution in [-0.2, 0) is 10.0 Å². The topological polar surface area (TPSA) is 59.1 Å². The second-order valence-corrected chi connectivity index (χ2v) is 7.61. The first kappa shape index (κ1) is 13.7. The van der Waals surface area contributed by atoms with Gasteiger partial charge < -0.3 is 0 Å². The maximum Gasteiger partial charge on any atom is 0.273 e. The predicted octanol–water partition coefficient (Wildman–Crippen LogP) is 3.32. The van der Waals surface area contributed by atoms with Gasteiger partial charge in [0.25, 0.3) is 10.0 Å². The van der Waals surface area contributed by atoms with Gasteiger partial charge in [-0.1, -0.05) is 35.1 Å². The van der Waals surface area contributed by atoms with Gasteiger partial charge >= 0.3 is 0 Å². The molecule has 0 fully saturated rings. The molecule has 2 rings (SSSR count). The van der Waals surface area contributed by atoms with E-state index in [1.807, 2.05) is 18.4 Å². The molecule has 0 aliphatic heterocycles. The summed E-state index contributed by atoms with van der Waals surface area (Å²) in [7, 11) is -3.62. The lowest BCUT2D eigenvalue weighted by Gasteiger charge is -2.09. The van der Waals surface area contributed by atoms with Crippen LogP contribution in [0.3, 0.4) is 0 Å². The summed E-state index contributed by atoms with van der Waals surface area (Å²) in [5.41, 5.74) is 0.550. The number of sulfonamides is 1. The first-order valence-corrected chi connectivity index (χ1v) is 8.70. The number of halogens is 1. The lowest BCUT2D eigenvalue weighted by molar-refractivity contribution is 0.603. The van der Waals surface area contributed by atoms with Crippen LogP contribution in [0, 0.1) is 0 Å². The Morgan fingerprint density at radius 2 is 2.11 bits per heavy atom. The molecule has 0 radical (unpaired) electrons. The third kappa shape index (κ3) is 2.97. The molecule has 2 aromatic rings. The predicted molar refractivity (Wildman–Crippen MR) is 76.2 cm³/mol. The number of rotatable bonds is 4. The monoisotopic (exact) mass is 320 g/mol. The van der Waals surface area contributed by atoms with E-state index in [9.17, 15) is 8.42 Å². The fourth-order valence-corrected chi connectivity index (χ4v) is 4.28. The zero-order chi connectivity index (χ0) is 13.2. The molecule has 1 N–H and O–H groups in total. The normalized spacial score (nSPS) is 11.4. The van der Waals surface area contributed by atoms with Crippen molar-refractivity contribution in [2.24, 2.45) is 0 Å². The average molecular weight is 321 g/mol. The number of nitrogens with zero attached hydrogens (tertiary/aromatic N) is 1. The zero-order valence-electron chi connectivity index (χ0n) is 9.25. The second-order valence-electron chi connectivity index (χ2n) is 3.24. The molecule has 0 unspecified atom stereocenters. The quantitative estimate of drug-likeness (QED) is 0.878. The number of hydrogen-bond acceptors (Lipinski definition) is 5. The number of hydrogen-bond donors (Lipinski definition) is 1. The molecule has 8 heteroatoms.